The van der Waals surface area contributed by atoms with Crippen molar-refractivity contribution in [1.29, 1.82) is 0 Å². The van der Waals surface area contributed by atoms with E-state index in [9.17, 15) is 0 Å². The van der Waals surface area contributed by atoms with Crippen LogP contribution in [-0.4, -0.2) is 38.3 Å². The van der Waals surface area contributed by atoms with Crippen LogP contribution in [0.5, 0.6) is 0 Å². The Kier molecular flexibility index (Phi) is 6.48. The van der Waals surface area contributed by atoms with E-state index >= 15 is 0 Å². The predicted molar refractivity (Wildman–Crippen MR) is 83.9 cm³/mol. The fourth-order valence-corrected chi connectivity index (χ4v) is 2.75. The molecular weight excluding hydrogens is 322 g/mol. The van der Waals surface area contributed by atoms with Crippen LogP contribution in [0, 0.1) is 0 Å². The number of aromatic nitrogens is 2. The summed E-state index contributed by atoms with van der Waals surface area (Å²) in [6, 6.07) is 0.369. The van der Waals surface area contributed by atoms with Gasteiger partial charge in [0, 0.05) is 32.6 Å². The quantitative estimate of drug-likeness (QED) is 0.343. The molecule has 0 unspecified atom stereocenters. The summed E-state index contributed by atoms with van der Waals surface area (Å²) in [4.78, 5) is 2.28. The Balaban J connectivity index is 2.83. The molecule has 1 aromatic heterocycles. The normalized spacial score (nSPS) is 12.7. The third-order valence-corrected chi connectivity index (χ3v) is 4.29. The molecule has 0 bridgehead atoms. The van der Waals surface area contributed by atoms with Crippen LogP contribution in [0.1, 0.15) is 38.6 Å². The highest BCUT2D eigenvalue weighted by Gasteiger charge is 2.18. The number of hydrogen-bond donors (Lipinski definition) is 2. The standard InChI is InChI=1S/C13H24BrN5O/c1-5-10-13(14)11(18(4)16-10)8-19(9(2)3)7-6-12(15)17-20/h9,20H,5-8H2,1-4H3,(H2,15,17). The minimum absolute atomic E-state index is 0.258. The van der Waals surface area contributed by atoms with Crippen LogP contribution in [0.4, 0.5) is 0 Å². The van der Waals surface area contributed by atoms with Crippen molar-refractivity contribution in [1.82, 2.24) is 14.7 Å². The topological polar surface area (TPSA) is 79.7 Å². The number of aryl methyl sites for hydroxylation is 2. The smallest absolute Gasteiger partial charge is 0.140 e. The van der Waals surface area contributed by atoms with Gasteiger partial charge in [-0.05, 0) is 36.2 Å². The van der Waals surface area contributed by atoms with E-state index in [0.29, 0.717) is 12.5 Å². The molecule has 0 radical (unpaired) electrons. The highest BCUT2D eigenvalue weighted by atomic mass is 79.9. The van der Waals surface area contributed by atoms with Gasteiger partial charge in [-0.1, -0.05) is 12.1 Å². The van der Waals surface area contributed by atoms with Gasteiger partial charge in [0.05, 0.1) is 15.9 Å². The Hall–Kier alpha value is -1.08. The summed E-state index contributed by atoms with van der Waals surface area (Å²) in [5.41, 5.74) is 7.77. The van der Waals surface area contributed by atoms with Crippen LogP contribution < -0.4 is 5.73 Å². The van der Waals surface area contributed by atoms with Crippen molar-refractivity contribution in [2.24, 2.45) is 17.9 Å². The SMILES string of the molecule is CCc1nn(C)c(CN(CCC(N)=NO)C(C)C)c1Br. The van der Waals surface area contributed by atoms with E-state index in [1.54, 1.807) is 0 Å². The molecule has 0 saturated heterocycles. The molecule has 6 nitrogen and oxygen atoms in total. The monoisotopic (exact) mass is 345 g/mol. The first kappa shape index (κ1) is 17.0. The zero-order valence-electron chi connectivity index (χ0n) is 12.6. The Labute approximate surface area is 128 Å². The maximum absolute atomic E-state index is 8.62. The van der Waals surface area contributed by atoms with Crippen molar-refractivity contribution in [3.8, 4) is 0 Å². The maximum atomic E-state index is 8.62. The van der Waals surface area contributed by atoms with Gasteiger partial charge in [0.2, 0.25) is 0 Å². The van der Waals surface area contributed by atoms with E-state index in [-0.39, 0.29) is 5.84 Å². The van der Waals surface area contributed by atoms with Crippen molar-refractivity contribution in [2.75, 3.05) is 6.54 Å². The molecule has 7 heteroatoms. The van der Waals surface area contributed by atoms with E-state index in [1.807, 2.05) is 11.7 Å². The Morgan fingerprint density at radius 3 is 2.65 bits per heavy atom. The maximum Gasteiger partial charge on any atom is 0.140 e. The molecule has 20 heavy (non-hydrogen) atoms. The Bertz CT molecular complexity index is 470. The predicted octanol–water partition coefficient (Wildman–Crippen LogP) is 2.09. The minimum atomic E-state index is 0.258. The molecule has 3 N–H and O–H groups in total. The summed E-state index contributed by atoms with van der Waals surface area (Å²) in [6.07, 6.45) is 1.45. The number of oxime groups is 1. The number of halogens is 1. The van der Waals surface area contributed by atoms with Gasteiger partial charge in [-0.3, -0.25) is 9.58 Å². The zero-order chi connectivity index (χ0) is 15.3. The summed E-state index contributed by atoms with van der Waals surface area (Å²) in [7, 11) is 1.96. The first-order valence-electron chi connectivity index (χ1n) is 6.81. The number of hydrogen-bond acceptors (Lipinski definition) is 4. The van der Waals surface area contributed by atoms with Gasteiger partial charge >= 0.3 is 0 Å². The summed E-state index contributed by atoms with van der Waals surface area (Å²) < 4.78 is 3.00. The largest absolute Gasteiger partial charge is 0.409 e. The van der Waals surface area contributed by atoms with Gasteiger partial charge < -0.3 is 10.9 Å². The summed E-state index contributed by atoms with van der Waals surface area (Å²) in [5.74, 6) is 0.258. The van der Waals surface area contributed by atoms with Gasteiger partial charge in [0.1, 0.15) is 5.84 Å². The Morgan fingerprint density at radius 2 is 2.20 bits per heavy atom. The fraction of sp³-hybridized carbons (Fsp3) is 0.692. The van der Waals surface area contributed by atoms with Crippen molar-refractivity contribution < 1.29 is 5.21 Å². The molecule has 0 atom stereocenters. The second-order valence-corrected chi connectivity index (χ2v) is 5.88. The third kappa shape index (κ3) is 4.21. The van der Waals surface area contributed by atoms with E-state index in [2.05, 4.69) is 51.9 Å². The van der Waals surface area contributed by atoms with Gasteiger partial charge in [0.15, 0.2) is 0 Å². The highest BCUT2D eigenvalue weighted by Crippen LogP contribution is 2.23. The molecule has 0 amide bonds. The molecule has 0 saturated carbocycles. The second kappa shape index (κ2) is 7.64. The minimum Gasteiger partial charge on any atom is -0.409 e. The fourth-order valence-electron chi connectivity index (χ4n) is 2.01. The molecule has 0 aliphatic carbocycles. The highest BCUT2D eigenvalue weighted by molar-refractivity contribution is 9.10. The average Bonchev–Trinajstić information content (AvgIpc) is 2.69. The molecule has 1 aromatic rings. The van der Waals surface area contributed by atoms with Crippen molar-refractivity contribution >= 4 is 21.8 Å². The molecule has 0 aliphatic heterocycles. The van der Waals surface area contributed by atoms with Crippen molar-refractivity contribution in [3.05, 3.63) is 15.9 Å². The van der Waals surface area contributed by atoms with E-state index in [1.165, 1.54) is 0 Å². The van der Waals surface area contributed by atoms with Crippen LogP contribution in [0.25, 0.3) is 0 Å². The number of nitrogens with zero attached hydrogens (tertiary/aromatic N) is 4. The summed E-state index contributed by atoms with van der Waals surface area (Å²) in [5, 5.41) is 16.1. The first-order valence-corrected chi connectivity index (χ1v) is 7.60. The number of rotatable bonds is 7. The summed E-state index contributed by atoms with van der Waals surface area (Å²) in [6.45, 7) is 7.89. The molecular formula is C13H24BrN5O. The van der Waals surface area contributed by atoms with E-state index in [4.69, 9.17) is 10.9 Å². The lowest BCUT2D eigenvalue weighted by Crippen LogP contribution is -2.34. The van der Waals surface area contributed by atoms with Gasteiger partial charge in [0.25, 0.3) is 0 Å². The second-order valence-electron chi connectivity index (χ2n) is 5.09. The zero-order valence-corrected chi connectivity index (χ0v) is 14.2. The van der Waals surface area contributed by atoms with Crippen LogP contribution in [-0.2, 0) is 20.0 Å². The van der Waals surface area contributed by atoms with E-state index < -0.39 is 0 Å². The van der Waals surface area contributed by atoms with Gasteiger partial charge in [-0.2, -0.15) is 5.10 Å². The molecule has 0 fully saturated rings. The number of amidine groups is 1. The molecule has 0 aliphatic rings. The molecule has 0 aromatic carbocycles. The van der Waals surface area contributed by atoms with Crippen LogP contribution in [0.2, 0.25) is 0 Å². The lowest BCUT2D eigenvalue weighted by molar-refractivity contribution is 0.212. The van der Waals surface area contributed by atoms with Crippen LogP contribution >= 0.6 is 15.9 Å². The van der Waals surface area contributed by atoms with E-state index in [0.717, 1.165) is 35.4 Å². The van der Waals surface area contributed by atoms with Gasteiger partial charge in [-0.15, -0.1) is 0 Å². The average molecular weight is 346 g/mol. The molecule has 114 valence electrons. The Morgan fingerprint density at radius 1 is 1.55 bits per heavy atom. The lowest BCUT2D eigenvalue weighted by Gasteiger charge is -2.26. The third-order valence-electron chi connectivity index (χ3n) is 3.37. The first-order chi connectivity index (χ1) is 9.40. The summed E-state index contributed by atoms with van der Waals surface area (Å²) >= 11 is 3.64. The van der Waals surface area contributed by atoms with Crippen molar-refractivity contribution in [2.45, 2.75) is 46.2 Å². The lowest BCUT2D eigenvalue weighted by atomic mass is 10.2. The van der Waals surface area contributed by atoms with Gasteiger partial charge in [-0.25, -0.2) is 0 Å². The van der Waals surface area contributed by atoms with Crippen molar-refractivity contribution in [3.63, 3.8) is 0 Å². The molecule has 0 spiro atoms. The number of nitrogens with two attached hydrogens (primary N) is 1. The van der Waals surface area contributed by atoms with Crippen LogP contribution in [0.15, 0.2) is 9.63 Å². The van der Waals surface area contributed by atoms with Crippen LogP contribution in [0.3, 0.4) is 0 Å². The molecule has 1 heterocycles. The molecule has 1 rings (SSSR count).